The van der Waals surface area contributed by atoms with Crippen molar-refractivity contribution in [1.29, 1.82) is 0 Å². The topological polar surface area (TPSA) is 20.3 Å². The molecule has 0 spiro atoms. The quantitative estimate of drug-likeness (QED) is 0.428. The normalized spacial score (nSPS) is 33.2. The van der Waals surface area contributed by atoms with Crippen molar-refractivity contribution in [2.45, 2.75) is 44.2 Å². The fourth-order valence-electron chi connectivity index (χ4n) is 2.20. The van der Waals surface area contributed by atoms with E-state index in [1.807, 2.05) is 6.20 Å². The van der Waals surface area contributed by atoms with Gasteiger partial charge in [-0.25, -0.2) is 0 Å². The van der Waals surface area contributed by atoms with Crippen molar-refractivity contribution in [3.05, 3.63) is 11.8 Å². The molecule has 0 aromatic rings. The molecule has 2 atom stereocenters. The van der Waals surface area contributed by atoms with E-state index in [0.717, 1.165) is 25.0 Å². The standard InChI is InChI=1S/C12H21BNOS/c1-5-10(7-14(4)9-15)6-11(2)12(3,8-16)13-11/h7,9,16H,5-6,8H2,1-4H3/b10-7+. The van der Waals surface area contributed by atoms with E-state index in [1.54, 1.807) is 11.9 Å². The lowest BCUT2D eigenvalue weighted by molar-refractivity contribution is -0.115. The van der Waals surface area contributed by atoms with E-state index in [9.17, 15) is 4.79 Å². The Kier molecular flexibility index (Phi) is 4.16. The number of rotatable bonds is 6. The van der Waals surface area contributed by atoms with Crippen LogP contribution in [0.3, 0.4) is 0 Å². The minimum atomic E-state index is 0.250. The lowest BCUT2D eigenvalue weighted by atomic mass is 9.83. The molecule has 2 nitrogen and oxygen atoms in total. The van der Waals surface area contributed by atoms with Crippen molar-refractivity contribution in [2.75, 3.05) is 12.8 Å². The number of allylic oxidation sites excluding steroid dienone is 1. The fourth-order valence-corrected chi connectivity index (χ4v) is 2.65. The molecule has 1 rings (SSSR count). The smallest absolute Gasteiger partial charge is 0.213 e. The van der Waals surface area contributed by atoms with Gasteiger partial charge in [0.1, 0.15) is 7.28 Å². The fraction of sp³-hybridized carbons (Fsp3) is 0.750. The first-order valence-electron chi connectivity index (χ1n) is 5.75. The molecule has 89 valence electrons. The maximum Gasteiger partial charge on any atom is 0.213 e. The van der Waals surface area contributed by atoms with E-state index in [4.69, 9.17) is 0 Å². The van der Waals surface area contributed by atoms with E-state index in [0.29, 0.717) is 0 Å². The van der Waals surface area contributed by atoms with Gasteiger partial charge in [-0.3, -0.25) is 4.79 Å². The summed E-state index contributed by atoms with van der Waals surface area (Å²) in [4.78, 5) is 12.2. The third kappa shape index (κ3) is 2.65. The second-order valence-corrected chi connectivity index (χ2v) is 5.54. The number of hydrogen-bond acceptors (Lipinski definition) is 2. The number of carbonyl (C=O) groups excluding carboxylic acids is 1. The summed E-state index contributed by atoms with van der Waals surface area (Å²) in [6, 6.07) is 0. The van der Waals surface area contributed by atoms with Crippen LogP contribution in [0, 0.1) is 0 Å². The van der Waals surface area contributed by atoms with Crippen molar-refractivity contribution in [3.63, 3.8) is 0 Å². The Morgan fingerprint density at radius 1 is 1.44 bits per heavy atom. The minimum absolute atomic E-state index is 0.250. The second-order valence-electron chi connectivity index (χ2n) is 5.23. The van der Waals surface area contributed by atoms with Gasteiger partial charge in [-0.15, -0.1) is 0 Å². The molecule has 1 fully saturated rings. The number of nitrogens with zero attached hydrogens (tertiary/aromatic N) is 1. The van der Waals surface area contributed by atoms with Crippen LogP contribution in [0.15, 0.2) is 11.8 Å². The van der Waals surface area contributed by atoms with Crippen LogP contribution < -0.4 is 0 Å². The molecule has 0 aliphatic carbocycles. The first-order valence-corrected chi connectivity index (χ1v) is 6.39. The van der Waals surface area contributed by atoms with Crippen LogP contribution in [-0.2, 0) is 4.79 Å². The SMILES string of the molecule is CC/C(=C\N(C)C=O)CC1(C)[B]C1(C)CS. The molecule has 0 bridgehead atoms. The molecule has 0 aromatic heterocycles. The molecular weight excluding hydrogens is 217 g/mol. The van der Waals surface area contributed by atoms with Crippen molar-refractivity contribution in [3.8, 4) is 0 Å². The molecule has 16 heavy (non-hydrogen) atoms. The van der Waals surface area contributed by atoms with Gasteiger partial charge in [-0.05, 0) is 18.6 Å². The Balaban J connectivity index is 2.66. The summed E-state index contributed by atoms with van der Waals surface area (Å²) in [6.45, 7) is 6.65. The van der Waals surface area contributed by atoms with Gasteiger partial charge >= 0.3 is 0 Å². The molecule has 1 saturated heterocycles. The molecule has 0 aromatic carbocycles. The van der Waals surface area contributed by atoms with Crippen LogP contribution >= 0.6 is 12.6 Å². The zero-order chi connectivity index (χ0) is 12.4. The highest BCUT2D eigenvalue weighted by Gasteiger charge is 2.60. The van der Waals surface area contributed by atoms with Gasteiger partial charge in [0.2, 0.25) is 6.41 Å². The molecule has 4 heteroatoms. The van der Waals surface area contributed by atoms with Gasteiger partial charge in [0.25, 0.3) is 0 Å². The van der Waals surface area contributed by atoms with Crippen molar-refractivity contribution in [2.24, 2.45) is 0 Å². The van der Waals surface area contributed by atoms with Gasteiger partial charge in [0.15, 0.2) is 0 Å². The second kappa shape index (κ2) is 4.86. The van der Waals surface area contributed by atoms with Crippen LogP contribution in [0.4, 0.5) is 0 Å². The monoisotopic (exact) mass is 238 g/mol. The van der Waals surface area contributed by atoms with E-state index < -0.39 is 0 Å². The predicted octanol–water partition coefficient (Wildman–Crippen LogP) is 2.76. The van der Waals surface area contributed by atoms with Crippen LogP contribution in [-0.4, -0.2) is 31.4 Å². The molecule has 0 N–H and O–H groups in total. The summed E-state index contributed by atoms with van der Waals surface area (Å²) in [6.07, 6.45) is 4.80. The van der Waals surface area contributed by atoms with E-state index >= 15 is 0 Å². The predicted molar refractivity (Wildman–Crippen MR) is 73.2 cm³/mol. The van der Waals surface area contributed by atoms with Crippen LogP contribution in [0.2, 0.25) is 10.6 Å². The van der Waals surface area contributed by atoms with Crippen molar-refractivity contribution >= 4 is 26.3 Å². The summed E-state index contributed by atoms with van der Waals surface area (Å²) in [5.74, 6) is 0.893. The first-order chi connectivity index (χ1) is 7.40. The Morgan fingerprint density at radius 2 is 2.06 bits per heavy atom. The average molecular weight is 238 g/mol. The van der Waals surface area contributed by atoms with Crippen molar-refractivity contribution in [1.82, 2.24) is 4.90 Å². The van der Waals surface area contributed by atoms with Gasteiger partial charge in [-0.2, -0.15) is 12.6 Å². The summed E-state index contributed by atoms with van der Waals surface area (Å²) >= 11 is 4.40. The number of carbonyl (C=O) groups is 1. The third-order valence-corrected chi connectivity index (χ3v) is 4.44. The van der Waals surface area contributed by atoms with Crippen LogP contribution in [0.1, 0.15) is 33.6 Å². The highest BCUT2D eigenvalue weighted by Crippen LogP contribution is 2.71. The van der Waals surface area contributed by atoms with Crippen LogP contribution in [0.25, 0.3) is 0 Å². The number of hydrogen-bond donors (Lipinski definition) is 1. The Labute approximate surface area is 105 Å². The highest BCUT2D eigenvalue weighted by molar-refractivity contribution is 7.80. The zero-order valence-corrected chi connectivity index (χ0v) is 11.6. The Hall–Kier alpha value is -0.375. The molecule has 1 aliphatic rings. The summed E-state index contributed by atoms with van der Waals surface area (Å²) < 4.78 is 0. The number of thiol groups is 1. The molecule has 1 radical (unpaired) electrons. The largest absolute Gasteiger partial charge is 0.325 e. The van der Waals surface area contributed by atoms with Crippen LogP contribution in [0.5, 0.6) is 0 Å². The molecule has 1 aliphatic heterocycles. The first kappa shape index (κ1) is 13.7. The van der Waals surface area contributed by atoms with Gasteiger partial charge in [0.05, 0.1) is 0 Å². The molecule has 2 unspecified atom stereocenters. The highest BCUT2D eigenvalue weighted by atomic mass is 32.1. The maximum atomic E-state index is 10.6. The Morgan fingerprint density at radius 3 is 2.44 bits per heavy atom. The summed E-state index contributed by atoms with van der Waals surface area (Å²) in [5.41, 5.74) is 1.32. The summed E-state index contributed by atoms with van der Waals surface area (Å²) in [5, 5.41) is 0.504. The Bertz CT molecular complexity index is 307. The minimum Gasteiger partial charge on any atom is -0.325 e. The molecule has 1 heterocycles. The maximum absolute atomic E-state index is 10.6. The van der Waals surface area contributed by atoms with E-state index in [1.165, 1.54) is 5.57 Å². The van der Waals surface area contributed by atoms with E-state index in [2.05, 4.69) is 40.7 Å². The van der Waals surface area contributed by atoms with Gasteiger partial charge in [-0.1, -0.05) is 37.0 Å². The molecule has 1 amide bonds. The van der Waals surface area contributed by atoms with Crippen molar-refractivity contribution < 1.29 is 4.79 Å². The van der Waals surface area contributed by atoms with E-state index in [-0.39, 0.29) is 10.6 Å². The lowest BCUT2D eigenvalue weighted by Gasteiger charge is -2.21. The summed E-state index contributed by atoms with van der Waals surface area (Å²) in [7, 11) is 4.15. The molecule has 0 saturated carbocycles. The lowest BCUT2D eigenvalue weighted by Crippen LogP contribution is -2.09. The van der Waals surface area contributed by atoms with Gasteiger partial charge in [0, 0.05) is 13.2 Å². The average Bonchev–Trinajstić information content (AvgIpc) is 2.80. The number of amides is 1. The van der Waals surface area contributed by atoms with Gasteiger partial charge < -0.3 is 4.90 Å². The zero-order valence-electron chi connectivity index (χ0n) is 10.7. The molecular formula is C12H21BNOS. The third-order valence-electron chi connectivity index (χ3n) is 3.79.